The van der Waals surface area contributed by atoms with Crippen molar-refractivity contribution in [2.24, 2.45) is 5.92 Å². The van der Waals surface area contributed by atoms with E-state index in [4.69, 9.17) is 0 Å². The minimum atomic E-state index is -3.01. The van der Waals surface area contributed by atoms with Crippen molar-refractivity contribution in [2.45, 2.75) is 67.5 Å². The summed E-state index contributed by atoms with van der Waals surface area (Å²) >= 11 is -3.01. The molecule has 0 aromatic heterocycles. The van der Waals surface area contributed by atoms with E-state index < -0.39 is 24.1 Å². The molecule has 0 bridgehead atoms. The maximum absolute atomic E-state index is 3.01. The predicted octanol–water partition coefficient (Wildman–Crippen LogP) is 7.96. The molecule has 0 spiro atoms. The van der Waals surface area contributed by atoms with Gasteiger partial charge in [0.1, 0.15) is 0 Å². The van der Waals surface area contributed by atoms with Gasteiger partial charge >= 0.3 is 160 Å². The number of hydrogen-bond acceptors (Lipinski definition) is 0. The SMILES string of the molecule is CC1=CC(C)[C]([Hf]([C]2=C(C)C=C(C)C2)([C]2=C(C)C=C(C)C2)=[Si](C)C)=C1.Cl.Cl. The zero-order valence-electron chi connectivity index (χ0n) is 18.1. The van der Waals surface area contributed by atoms with Crippen LogP contribution in [0.3, 0.4) is 0 Å². The molecule has 0 saturated carbocycles. The van der Waals surface area contributed by atoms with E-state index in [-0.39, 0.29) is 24.8 Å². The Morgan fingerprint density at radius 1 is 0.815 bits per heavy atom. The molecule has 3 rings (SSSR count). The van der Waals surface area contributed by atoms with Gasteiger partial charge in [-0.3, -0.25) is 0 Å². The van der Waals surface area contributed by atoms with Crippen LogP contribution >= 0.6 is 24.8 Å². The molecule has 1 unspecified atom stereocenters. The number of hydrogen-bond donors (Lipinski definition) is 0. The summed E-state index contributed by atoms with van der Waals surface area (Å²) < 4.78 is 5.73. The number of allylic oxidation sites excluding steroid dienone is 12. The second-order valence-electron chi connectivity index (χ2n) is 8.71. The van der Waals surface area contributed by atoms with Gasteiger partial charge in [-0.05, 0) is 0 Å². The predicted molar refractivity (Wildman–Crippen MR) is 125 cm³/mol. The van der Waals surface area contributed by atoms with Gasteiger partial charge in [0, 0.05) is 0 Å². The first-order chi connectivity index (χ1) is 11.7. The van der Waals surface area contributed by atoms with Crippen molar-refractivity contribution in [3.8, 4) is 0 Å². The topological polar surface area (TPSA) is 0 Å². The Morgan fingerprint density at radius 3 is 1.52 bits per heavy atom. The fourth-order valence-electron chi connectivity index (χ4n) is 5.49. The average molecular weight is 589 g/mol. The third-order valence-corrected chi connectivity index (χ3v) is 47.1. The normalized spacial score (nSPS) is 22.1. The second-order valence-corrected chi connectivity index (χ2v) is 39.4. The monoisotopic (exact) mass is 589 g/mol. The number of rotatable bonds is 3. The largest absolute Gasteiger partial charge is 0.147 e. The van der Waals surface area contributed by atoms with Crippen LogP contribution in [-0.2, 0) is 18.6 Å². The molecule has 0 aromatic rings. The summed E-state index contributed by atoms with van der Waals surface area (Å²) in [6, 6.07) is 0. The third-order valence-electron chi connectivity index (χ3n) is 6.26. The van der Waals surface area contributed by atoms with Crippen LogP contribution in [0.5, 0.6) is 0 Å². The molecule has 0 saturated heterocycles. The van der Waals surface area contributed by atoms with Crippen LogP contribution in [-0.4, -0.2) is 5.49 Å². The first kappa shape index (κ1) is 25.1. The molecule has 0 radical (unpaired) electrons. The molecule has 0 heterocycles. The van der Waals surface area contributed by atoms with E-state index in [0.29, 0.717) is 5.92 Å². The second kappa shape index (κ2) is 9.28. The summed E-state index contributed by atoms with van der Waals surface area (Å²) in [6.45, 7) is 19.5. The standard InChI is InChI=1S/3C7H9.C2H6Si.2ClH.Hf/c3*1-6-3-4-7(2)5-6;1-3-2;;;/h2*5H,3H2,1-2H3;3,5,7H,1-2H3;1-2H3;2*1H;. The molecule has 4 heteroatoms. The maximum atomic E-state index is 2.63. The molecule has 3 aliphatic carbocycles. The maximum Gasteiger partial charge on any atom is -0.147 e. The van der Waals surface area contributed by atoms with Crippen molar-refractivity contribution in [1.82, 2.24) is 0 Å². The van der Waals surface area contributed by atoms with Crippen LogP contribution in [0.1, 0.15) is 54.4 Å². The molecule has 0 fully saturated rings. The van der Waals surface area contributed by atoms with Crippen molar-refractivity contribution < 1.29 is 18.6 Å². The molecule has 0 amide bonds. The van der Waals surface area contributed by atoms with Crippen LogP contribution in [0.15, 0.2) is 62.2 Å². The van der Waals surface area contributed by atoms with Crippen LogP contribution in [0.25, 0.3) is 0 Å². The van der Waals surface area contributed by atoms with Crippen molar-refractivity contribution in [3.05, 3.63) is 62.2 Å². The van der Waals surface area contributed by atoms with Gasteiger partial charge in [-0.25, -0.2) is 0 Å². The van der Waals surface area contributed by atoms with E-state index in [1.54, 1.807) is 22.3 Å². The van der Waals surface area contributed by atoms with Gasteiger partial charge < -0.3 is 0 Å². The molecule has 0 aromatic carbocycles. The van der Waals surface area contributed by atoms with Gasteiger partial charge in [0.15, 0.2) is 0 Å². The van der Waals surface area contributed by atoms with Gasteiger partial charge in [0.2, 0.25) is 0 Å². The third kappa shape index (κ3) is 4.20. The van der Waals surface area contributed by atoms with E-state index >= 15 is 0 Å². The first-order valence-corrected chi connectivity index (χ1v) is 22.9. The molecule has 27 heavy (non-hydrogen) atoms. The fraction of sp³-hybridized carbons (Fsp3) is 0.478. The van der Waals surface area contributed by atoms with E-state index in [1.807, 2.05) is 9.99 Å². The summed E-state index contributed by atoms with van der Waals surface area (Å²) in [5, 5.41) is 0. The first-order valence-electron chi connectivity index (χ1n) is 9.63. The summed E-state index contributed by atoms with van der Waals surface area (Å²) in [5.41, 5.74) is 7.49. The van der Waals surface area contributed by atoms with Gasteiger partial charge in [0.25, 0.3) is 0 Å². The molecular formula is C23H35Cl2HfSi. The van der Waals surface area contributed by atoms with Gasteiger partial charge in [-0.1, -0.05) is 0 Å². The van der Waals surface area contributed by atoms with Crippen LogP contribution in [0.2, 0.25) is 13.1 Å². The van der Waals surface area contributed by atoms with Crippen LogP contribution in [0.4, 0.5) is 0 Å². The van der Waals surface area contributed by atoms with E-state index in [1.165, 1.54) is 18.4 Å². The van der Waals surface area contributed by atoms with Gasteiger partial charge in [-0.2, -0.15) is 0 Å². The molecule has 0 aliphatic heterocycles. The minimum Gasteiger partial charge on any atom is -0.147 e. The van der Waals surface area contributed by atoms with Crippen LogP contribution in [0, 0.1) is 5.92 Å². The Labute approximate surface area is 183 Å². The zero-order chi connectivity index (χ0) is 18.5. The Morgan fingerprint density at radius 2 is 1.26 bits per heavy atom. The molecular weight excluding hydrogens is 554 g/mol. The van der Waals surface area contributed by atoms with E-state index in [2.05, 4.69) is 78.9 Å². The van der Waals surface area contributed by atoms with Crippen molar-refractivity contribution >= 4 is 30.3 Å². The average Bonchev–Trinajstić information content (AvgIpc) is 3.11. The summed E-state index contributed by atoms with van der Waals surface area (Å²) in [6.07, 6.45) is 12.6. The Bertz CT molecular complexity index is 841. The molecule has 3 aliphatic rings. The minimum absolute atomic E-state index is 0. The fourth-order valence-corrected chi connectivity index (χ4v) is 50.5. The summed E-state index contributed by atoms with van der Waals surface area (Å²) in [7, 11) is 0. The van der Waals surface area contributed by atoms with Crippen molar-refractivity contribution in [3.63, 3.8) is 0 Å². The Balaban J connectivity index is 0.00000182. The quantitative estimate of drug-likeness (QED) is 0.293. The van der Waals surface area contributed by atoms with E-state index in [9.17, 15) is 0 Å². The summed E-state index contributed by atoms with van der Waals surface area (Å²) in [4.78, 5) is 0. The summed E-state index contributed by atoms with van der Waals surface area (Å²) in [5.74, 6) is 0.643. The smallest absolute Gasteiger partial charge is 0.147 e. The zero-order valence-corrected chi connectivity index (χ0v) is 24.3. The van der Waals surface area contributed by atoms with Crippen molar-refractivity contribution in [1.29, 1.82) is 0 Å². The van der Waals surface area contributed by atoms with E-state index in [0.717, 1.165) is 0 Å². The number of halogens is 2. The molecule has 149 valence electrons. The molecule has 0 nitrogen and oxygen atoms in total. The Hall–Kier alpha value is 0.107. The molecule has 1 atom stereocenters. The van der Waals surface area contributed by atoms with Gasteiger partial charge in [-0.15, -0.1) is 24.8 Å². The molecule has 0 N–H and O–H groups in total. The van der Waals surface area contributed by atoms with Crippen molar-refractivity contribution in [2.75, 3.05) is 0 Å². The van der Waals surface area contributed by atoms with Gasteiger partial charge in [0.05, 0.1) is 0 Å². The Kier molecular flexibility index (Phi) is 8.64. The van der Waals surface area contributed by atoms with Crippen LogP contribution < -0.4 is 0 Å².